The first-order valence-electron chi connectivity index (χ1n) is 8.80. The lowest BCUT2D eigenvalue weighted by atomic mass is 10.1. The zero-order valence-corrected chi connectivity index (χ0v) is 17.7. The van der Waals surface area contributed by atoms with E-state index in [1.54, 1.807) is 19.9 Å². The van der Waals surface area contributed by atoms with E-state index in [-0.39, 0.29) is 18.3 Å². The van der Waals surface area contributed by atoms with Gasteiger partial charge in [0.1, 0.15) is 16.0 Å². The van der Waals surface area contributed by atoms with Crippen LogP contribution >= 0.6 is 23.1 Å². The minimum Gasteiger partial charge on any atom is -0.462 e. The maximum Gasteiger partial charge on any atom is 0.350 e. The number of carbonyl (C=O) groups is 2. The molecule has 2 aromatic heterocycles. The number of carbonyl (C=O) groups excluding carboxylic acids is 2. The Morgan fingerprint density at radius 2 is 2.07 bits per heavy atom. The van der Waals surface area contributed by atoms with E-state index in [2.05, 4.69) is 21.4 Å². The third-order valence-electron chi connectivity index (χ3n) is 3.90. The molecular formula is C20H18N4O3S2. The number of thiazole rings is 1. The second kappa shape index (κ2) is 9.03. The number of benzene rings is 1. The van der Waals surface area contributed by atoms with Crippen LogP contribution in [0.5, 0.6) is 0 Å². The molecule has 0 radical (unpaired) electrons. The number of aryl methyl sites for hydroxylation is 2. The number of amides is 1. The number of rotatable bonds is 6. The highest BCUT2D eigenvalue weighted by Crippen LogP contribution is 2.27. The Morgan fingerprint density at radius 3 is 2.79 bits per heavy atom. The van der Waals surface area contributed by atoms with Gasteiger partial charge in [-0.15, -0.1) is 0 Å². The van der Waals surface area contributed by atoms with Gasteiger partial charge in [0.2, 0.25) is 5.91 Å². The lowest BCUT2D eigenvalue weighted by Gasteiger charge is -2.06. The number of hydrogen-bond donors (Lipinski definition) is 1. The number of pyridine rings is 1. The number of anilines is 1. The first-order chi connectivity index (χ1) is 13.9. The van der Waals surface area contributed by atoms with Crippen molar-refractivity contribution in [3.05, 3.63) is 46.0 Å². The molecule has 0 atom stereocenters. The van der Waals surface area contributed by atoms with Crippen LogP contribution in [0.3, 0.4) is 0 Å². The van der Waals surface area contributed by atoms with Gasteiger partial charge in [0.15, 0.2) is 5.13 Å². The van der Waals surface area contributed by atoms with Gasteiger partial charge in [0, 0.05) is 5.39 Å². The van der Waals surface area contributed by atoms with E-state index in [9.17, 15) is 14.9 Å². The van der Waals surface area contributed by atoms with Crippen molar-refractivity contribution in [3.8, 4) is 6.07 Å². The second-order valence-corrected chi connectivity index (χ2v) is 8.10. The Labute approximate surface area is 176 Å². The van der Waals surface area contributed by atoms with Crippen LogP contribution in [0.4, 0.5) is 5.13 Å². The number of nitrogens with zero attached hydrogens (tertiary/aromatic N) is 3. The predicted molar refractivity (Wildman–Crippen MR) is 113 cm³/mol. The highest BCUT2D eigenvalue weighted by atomic mass is 32.2. The van der Waals surface area contributed by atoms with E-state index >= 15 is 0 Å². The maximum absolute atomic E-state index is 12.3. The van der Waals surface area contributed by atoms with Crippen molar-refractivity contribution in [3.63, 3.8) is 0 Å². The molecule has 3 aromatic rings. The summed E-state index contributed by atoms with van der Waals surface area (Å²) in [6.07, 6.45) is 0. The molecule has 1 amide bonds. The van der Waals surface area contributed by atoms with E-state index in [1.165, 1.54) is 11.8 Å². The summed E-state index contributed by atoms with van der Waals surface area (Å²) in [4.78, 5) is 33.3. The van der Waals surface area contributed by atoms with Crippen molar-refractivity contribution in [1.82, 2.24) is 9.97 Å². The third-order valence-corrected chi connectivity index (χ3v) is 5.95. The van der Waals surface area contributed by atoms with Crippen LogP contribution in [0.2, 0.25) is 0 Å². The SMILES string of the molecule is CCOC(=O)c1sc(NC(=O)CSc2nc3cc(C)ccc3cc2C#N)nc1C. The summed E-state index contributed by atoms with van der Waals surface area (Å²) in [5.74, 6) is -0.687. The van der Waals surface area contributed by atoms with Gasteiger partial charge >= 0.3 is 5.97 Å². The standard InChI is InChI=1S/C20H18N4O3S2/c1-4-27-19(26)17-12(3)22-20(29-17)24-16(25)10-28-18-14(9-21)8-13-6-5-11(2)7-15(13)23-18/h5-8H,4,10H2,1-3H3,(H,22,24,25). The molecular weight excluding hydrogens is 408 g/mol. The lowest BCUT2D eigenvalue weighted by Crippen LogP contribution is -2.14. The van der Waals surface area contributed by atoms with Crippen LogP contribution in [0.15, 0.2) is 29.3 Å². The number of ether oxygens (including phenoxy) is 1. The number of hydrogen-bond acceptors (Lipinski definition) is 8. The summed E-state index contributed by atoms with van der Waals surface area (Å²) in [7, 11) is 0. The summed E-state index contributed by atoms with van der Waals surface area (Å²) in [5, 5.41) is 13.8. The number of thioether (sulfide) groups is 1. The van der Waals surface area contributed by atoms with Gasteiger partial charge in [-0.3, -0.25) is 4.79 Å². The molecule has 0 saturated heterocycles. The molecule has 0 saturated carbocycles. The van der Waals surface area contributed by atoms with Crippen LogP contribution < -0.4 is 5.32 Å². The average molecular weight is 427 g/mol. The molecule has 1 N–H and O–H groups in total. The van der Waals surface area contributed by atoms with Crippen LogP contribution in [-0.2, 0) is 9.53 Å². The maximum atomic E-state index is 12.3. The summed E-state index contributed by atoms with van der Waals surface area (Å²) < 4.78 is 4.98. The van der Waals surface area contributed by atoms with Gasteiger partial charge in [-0.1, -0.05) is 35.2 Å². The highest BCUT2D eigenvalue weighted by molar-refractivity contribution is 8.00. The van der Waals surface area contributed by atoms with Gasteiger partial charge in [0.25, 0.3) is 0 Å². The van der Waals surface area contributed by atoms with Gasteiger partial charge in [-0.2, -0.15) is 5.26 Å². The fourth-order valence-electron chi connectivity index (χ4n) is 2.57. The van der Waals surface area contributed by atoms with Crippen LogP contribution in [0, 0.1) is 25.2 Å². The molecule has 1 aromatic carbocycles. The van der Waals surface area contributed by atoms with Crippen molar-refractivity contribution in [1.29, 1.82) is 5.26 Å². The van der Waals surface area contributed by atoms with Crippen LogP contribution in [-0.4, -0.2) is 34.2 Å². The third kappa shape index (κ3) is 4.91. The monoisotopic (exact) mass is 426 g/mol. The number of nitriles is 1. The number of fused-ring (bicyclic) bond motifs is 1. The second-order valence-electron chi connectivity index (χ2n) is 6.14. The van der Waals surface area contributed by atoms with E-state index in [0.29, 0.717) is 26.3 Å². The predicted octanol–water partition coefficient (Wildman–Crippen LogP) is 4.09. The molecule has 0 aliphatic heterocycles. The average Bonchev–Trinajstić information content (AvgIpc) is 3.05. The number of esters is 1. The fraction of sp³-hybridized carbons (Fsp3) is 0.250. The van der Waals surface area contributed by atoms with Crippen molar-refractivity contribution in [2.24, 2.45) is 0 Å². The summed E-state index contributed by atoms with van der Waals surface area (Å²) >= 11 is 2.26. The molecule has 9 heteroatoms. The molecule has 7 nitrogen and oxygen atoms in total. The lowest BCUT2D eigenvalue weighted by molar-refractivity contribution is -0.113. The molecule has 0 unspecified atom stereocenters. The minimum absolute atomic E-state index is 0.0619. The molecule has 0 fully saturated rings. The van der Waals surface area contributed by atoms with Gasteiger partial charge in [-0.05, 0) is 38.5 Å². The summed E-state index contributed by atoms with van der Waals surface area (Å²) in [6, 6.07) is 9.74. The van der Waals surface area contributed by atoms with Crippen molar-refractivity contribution in [2.75, 3.05) is 17.7 Å². The van der Waals surface area contributed by atoms with Crippen molar-refractivity contribution < 1.29 is 14.3 Å². The van der Waals surface area contributed by atoms with Gasteiger partial charge in [0.05, 0.1) is 29.1 Å². The first kappa shape index (κ1) is 20.8. The molecule has 2 heterocycles. The van der Waals surface area contributed by atoms with E-state index in [4.69, 9.17) is 4.74 Å². The molecule has 0 bridgehead atoms. The summed E-state index contributed by atoms with van der Waals surface area (Å²) in [6.45, 7) is 5.66. The van der Waals surface area contributed by atoms with Gasteiger partial charge < -0.3 is 10.1 Å². The Balaban J connectivity index is 1.70. The molecule has 3 rings (SSSR count). The molecule has 29 heavy (non-hydrogen) atoms. The highest BCUT2D eigenvalue weighted by Gasteiger charge is 2.18. The Hall–Kier alpha value is -2.96. The topological polar surface area (TPSA) is 105 Å². The fourth-order valence-corrected chi connectivity index (χ4v) is 4.21. The van der Waals surface area contributed by atoms with Gasteiger partial charge in [-0.25, -0.2) is 14.8 Å². The van der Waals surface area contributed by atoms with E-state index in [0.717, 1.165) is 27.8 Å². The number of aromatic nitrogens is 2. The molecule has 148 valence electrons. The van der Waals surface area contributed by atoms with E-state index < -0.39 is 5.97 Å². The van der Waals surface area contributed by atoms with Crippen LogP contribution in [0.25, 0.3) is 10.9 Å². The van der Waals surface area contributed by atoms with Crippen LogP contribution in [0.1, 0.15) is 33.4 Å². The Kier molecular flexibility index (Phi) is 6.46. The number of nitrogens with one attached hydrogen (secondary N) is 1. The molecule has 0 aliphatic rings. The Bertz CT molecular complexity index is 1130. The van der Waals surface area contributed by atoms with Crippen molar-refractivity contribution in [2.45, 2.75) is 25.8 Å². The summed E-state index contributed by atoms with van der Waals surface area (Å²) in [5.41, 5.74) is 2.78. The normalized spacial score (nSPS) is 10.6. The minimum atomic E-state index is -0.452. The van der Waals surface area contributed by atoms with Crippen molar-refractivity contribution >= 4 is 51.0 Å². The zero-order valence-electron chi connectivity index (χ0n) is 16.1. The van der Waals surface area contributed by atoms with E-state index in [1.807, 2.05) is 25.1 Å². The Morgan fingerprint density at radius 1 is 1.28 bits per heavy atom. The largest absolute Gasteiger partial charge is 0.462 e. The zero-order chi connectivity index (χ0) is 21.0. The quantitative estimate of drug-likeness (QED) is 0.467. The molecule has 0 aliphatic carbocycles. The smallest absolute Gasteiger partial charge is 0.350 e. The first-order valence-corrected chi connectivity index (χ1v) is 10.6. The molecule has 0 spiro atoms.